The van der Waals surface area contributed by atoms with E-state index in [-0.39, 0.29) is 11.7 Å². The average Bonchev–Trinajstić information content (AvgIpc) is 2.73. The summed E-state index contributed by atoms with van der Waals surface area (Å²) in [5.41, 5.74) is 3.50. The molecule has 5 heteroatoms. The van der Waals surface area contributed by atoms with E-state index in [4.69, 9.17) is 5.26 Å². The van der Waals surface area contributed by atoms with Gasteiger partial charge in [0.1, 0.15) is 6.07 Å². The first kappa shape index (κ1) is 11.4. The van der Waals surface area contributed by atoms with Gasteiger partial charge in [0.2, 0.25) is 11.7 Å². The summed E-state index contributed by atoms with van der Waals surface area (Å²) in [6, 6.07) is 9.42. The number of rotatable bonds is 1. The number of anilines is 1. The maximum Gasteiger partial charge on any atom is 0.232 e. The Hall–Kier alpha value is -2.74. The molecule has 1 aliphatic rings. The lowest BCUT2D eigenvalue weighted by molar-refractivity contribution is -0.117. The molecule has 0 bridgehead atoms. The van der Waals surface area contributed by atoms with Crippen molar-refractivity contribution in [3.63, 3.8) is 0 Å². The summed E-state index contributed by atoms with van der Waals surface area (Å²) in [5.74, 6) is 0.235. The van der Waals surface area contributed by atoms with Crippen molar-refractivity contribution in [1.29, 1.82) is 5.26 Å². The van der Waals surface area contributed by atoms with E-state index in [2.05, 4.69) is 9.97 Å². The Balaban J connectivity index is 2.06. The van der Waals surface area contributed by atoms with Gasteiger partial charge in [0.05, 0.1) is 12.1 Å². The molecule has 1 aromatic carbocycles. The van der Waals surface area contributed by atoms with Crippen LogP contribution < -0.4 is 4.90 Å². The number of nitrogens with zero attached hydrogens (tertiary/aromatic N) is 4. The SMILES string of the molecule is CN1C(=O)Cc2cc(-c3ccnc(C#N)n3)ccc21. The minimum Gasteiger partial charge on any atom is -0.315 e. The highest BCUT2D eigenvalue weighted by Crippen LogP contribution is 2.31. The summed E-state index contributed by atoms with van der Waals surface area (Å²) in [6.45, 7) is 0. The maximum absolute atomic E-state index is 11.6. The van der Waals surface area contributed by atoms with Gasteiger partial charge in [-0.05, 0) is 23.8 Å². The fourth-order valence-electron chi connectivity index (χ4n) is 2.20. The van der Waals surface area contributed by atoms with Gasteiger partial charge in [0, 0.05) is 24.5 Å². The van der Waals surface area contributed by atoms with Gasteiger partial charge in [-0.25, -0.2) is 9.97 Å². The number of carbonyl (C=O) groups excluding carboxylic acids is 1. The minimum absolute atomic E-state index is 0.0903. The predicted molar refractivity (Wildman–Crippen MR) is 69.3 cm³/mol. The van der Waals surface area contributed by atoms with Gasteiger partial charge in [-0.2, -0.15) is 5.26 Å². The molecular formula is C14H10N4O. The summed E-state index contributed by atoms with van der Waals surface area (Å²) < 4.78 is 0. The first-order valence-corrected chi connectivity index (χ1v) is 5.82. The van der Waals surface area contributed by atoms with Gasteiger partial charge < -0.3 is 4.90 Å². The second-order valence-electron chi connectivity index (χ2n) is 4.35. The van der Waals surface area contributed by atoms with E-state index in [9.17, 15) is 4.79 Å². The van der Waals surface area contributed by atoms with Crippen LogP contribution in [0.1, 0.15) is 11.4 Å². The lowest BCUT2D eigenvalue weighted by atomic mass is 10.1. The van der Waals surface area contributed by atoms with Gasteiger partial charge in [-0.3, -0.25) is 4.79 Å². The van der Waals surface area contributed by atoms with Gasteiger partial charge in [-0.15, -0.1) is 0 Å². The molecule has 1 aromatic heterocycles. The predicted octanol–water partition coefficient (Wildman–Crippen LogP) is 1.53. The standard InChI is InChI=1S/C14H10N4O/c1-18-12-3-2-9(6-10(12)7-14(18)19)11-4-5-16-13(8-15)17-11/h2-6H,7H2,1H3. The van der Waals surface area contributed by atoms with Crippen molar-refractivity contribution >= 4 is 11.6 Å². The zero-order valence-electron chi connectivity index (χ0n) is 10.3. The summed E-state index contributed by atoms with van der Waals surface area (Å²) in [7, 11) is 1.77. The highest BCUT2D eigenvalue weighted by molar-refractivity contribution is 6.01. The van der Waals surface area contributed by atoms with Crippen molar-refractivity contribution in [3.8, 4) is 17.3 Å². The van der Waals surface area contributed by atoms with Crippen LogP contribution in [0, 0.1) is 11.3 Å². The third-order valence-corrected chi connectivity index (χ3v) is 3.21. The average molecular weight is 250 g/mol. The maximum atomic E-state index is 11.6. The lowest BCUT2D eigenvalue weighted by Gasteiger charge is -2.10. The molecule has 0 unspecified atom stereocenters. The number of hydrogen-bond donors (Lipinski definition) is 0. The van der Waals surface area contributed by atoms with Gasteiger partial charge in [-0.1, -0.05) is 6.07 Å². The van der Waals surface area contributed by atoms with E-state index in [0.29, 0.717) is 12.1 Å². The fraction of sp³-hybridized carbons (Fsp3) is 0.143. The molecule has 0 saturated heterocycles. The number of likely N-dealkylation sites (N-methyl/N-ethyl adjacent to an activating group) is 1. The van der Waals surface area contributed by atoms with E-state index in [1.807, 2.05) is 24.3 Å². The van der Waals surface area contributed by atoms with E-state index >= 15 is 0 Å². The van der Waals surface area contributed by atoms with Crippen LogP contribution in [-0.4, -0.2) is 22.9 Å². The Labute approximate surface area is 110 Å². The van der Waals surface area contributed by atoms with E-state index in [0.717, 1.165) is 16.8 Å². The quantitative estimate of drug-likeness (QED) is 0.769. The van der Waals surface area contributed by atoms with Gasteiger partial charge in [0.25, 0.3) is 0 Å². The molecule has 0 radical (unpaired) electrons. The van der Waals surface area contributed by atoms with Crippen LogP contribution >= 0.6 is 0 Å². The van der Waals surface area contributed by atoms with Crippen LogP contribution in [0.2, 0.25) is 0 Å². The van der Waals surface area contributed by atoms with Crippen molar-refractivity contribution < 1.29 is 4.79 Å². The van der Waals surface area contributed by atoms with Crippen LogP contribution in [0.3, 0.4) is 0 Å². The second kappa shape index (κ2) is 4.18. The molecule has 0 saturated carbocycles. The van der Waals surface area contributed by atoms with Crippen molar-refractivity contribution in [2.24, 2.45) is 0 Å². The molecule has 1 aliphatic heterocycles. The normalized spacial score (nSPS) is 13.3. The number of fused-ring (bicyclic) bond motifs is 1. The summed E-state index contributed by atoms with van der Waals surface area (Å²) in [5, 5.41) is 8.81. The largest absolute Gasteiger partial charge is 0.315 e. The monoisotopic (exact) mass is 250 g/mol. The summed E-state index contributed by atoms with van der Waals surface area (Å²) in [6.07, 6.45) is 1.97. The number of aromatic nitrogens is 2. The van der Waals surface area contributed by atoms with Crippen molar-refractivity contribution in [2.45, 2.75) is 6.42 Å². The molecule has 2 aromatic rings. The van der Waals surface area contributed by atoms with Crippen LogP contribution in [0.4, 0.5) is 5.69 Å². The number of hydrogen-bond acceptors (Lipinski definition) is 4. The molecule has 0 fully saturated rings. The molecular weight excluding hydrogens is 240 g/mol. The Morgan fingerprint density at radius 3 is 3.00 bits per heavy atom. The molecule has 19 heavy (non-hydrogen) atoms. The van der Waals surface area contributed by atoms with Crippen LogP contribution in [0.15, 0.2) is 30.5 Å². The first-order valence-electron chi connectivity index (χ1n) is 5.82. The molecule has 1 amide bonds. The second-order valence-corrected chi connectivity index (χ2v) is 4.35. The molecule has 0 spiro atoms. The Bertz CT molecular complexity index is 718. The van der Waals surface area contributed by atoms with Crippen LogP contribution in [0.25, 0.3) is 11.3 Å². The lowest BCUT2D eigenvalue weighted by Crippen LogP contribution is -2.20. The van der Waals surface area contributed by atoms with E-state index in [1.54, 1.807) is 24.2 Å². The molecule has 0 N–H and O–H groups in total. The number of benzene rings is 1. The minimum atomic E-state index is 0.0903. The molecule has 2 heterocycles. The highest BCUT2D eigenvalue weighted by atomic mass is 16.2. The zero-order chi connectivity index (χ0) is 13.4. The zero-order valence-corrected chi connectivity index (χ0v) is 10.3. The van der Waals surface area contributed by atoms with Crippen molar-refractivity contribution in [1.82, 2.24) is 9.97 Å². The molecule has 5 nitrogen and oxygen atoms in total. The van der Waals surface area contributed by atoms with Crippen LogP contribution in [-0.2, 0) is 11.2 Å². The third-order valence-electron chi connectivity index (χ3n) is 3.21. The molecule has 0 aliphatic carbocycles. The Morgan fingerprint density at radius 1 is 1.37 bits per heavy atom. The molecule has 3 rings (SSSR count). The van der Waals surface area contributed by atoms with E-state index < -0.39 is 0 Å². The highest BCUT2D eigenvalue weighted by Gasteiger charge is 2.24. The fourth-order valence-corrected chi connectivity index (χ4v) is 2.20. The Morgan fingerprint density at radius 2 is 2.21 bits per heavy atom. The number of nitriles is 1. The van der Waals surface area contributed by atoms with E-state index in [1.165, 1.54) is 0 Å². The first-order chi connectivity index (χ1) is 9.19. The summed E-state index contributed by atoms with van der Waals surface area (Å²) >= 11 is 0. The molecule has 0 atom stereocenters. The number of amides is 1. The smallest absolute Gasteiger partial charge is 0.232 e. The van der Waals surface area contributed by atoms with Crippen LogP contribution in [0.5, 0.6) is 0 Å². The Kier molecular flexibility index (Phi) is 2.50. The van der Waals surface area contributed by atoms with Gasteiger partial charge >= 0.3 is 0 Å². The van der Waals surface area contributed by atoms with Crippen molar-refractivity contribution in [3.05, 3.63) is 41.9 Å². The van der Waals surface area contributed by atoms with Gasteiger partial charge in [0.15, 0.2) is 0 Å². The molecule has 92 valence electrons. The van der Waals surface area contributed by atoms with Crippen molar-refractivity contribution in [2.75, 3.05) is 11.9 Å². The third kappa shape index (κ3) is 1.83. The number of carbonyl (C=O) groups is 1. The topological polar surface area (TPSA) is 69.9 Å². The summed E-state index contributed by atoms with van der Waals surface area (Å²) in [4.78, 5) is 21.3.